The van der Waals surface area contributed by atoms with E-state index in [0.717, 1.165) is 11.1 Å². The number of aromatic nitrogens is 1. The predicted octanol–water partition coefficient (Wildman–Crippen LogP) is 1.59. The minimum atomic E-state index is -0.612. The Morgan fingerprint density at radius 1 is 1.40 bits per heavy atom. The number of morpholine rings is 1. The summed E-state index contributed by atoms with van der Waals surface area (Å²) >= 11 is 0. The highest BCUT2D eigenvalue weighted by molar-refractivity contribution is 5.76. The van der Waals surface area contributed by atoms with Crippen molar-refractivity contribution < 1.29 is 18.7 Å². The number of carbonyl (C=O) groups excluding carboxylic acids is 1. The molecule has 0 saturated carbocycles. The molecule has 0 bridgehead atoms. The van der Waals surface area contributed by atoms with E-state index in [-0.39, 0.29) is 12.1 Å². The molecule has 6 nitrogen and oxygen atoms in total. The number of hydrogen-bond acceptors (Lipinski definition) is 6. The topological polar surface area (TPSA) is 64.8 Å². The van der Waals surface area contributed by atoms with Gasteiger partial charge in [0.1, 0.15) is 5.52 Å². The molecule has 0 spiro atoms. The summed E-state index contributed by atoms with van der Waals surface area (Å²) in [6.07, 6.45) is -0.707. The lowest BCUT2D eigenvalue weighted by atomic mass is 10.2. The maximum absolute atomic E-state index is 11.6. The number of rotatable bonds is 2. The van der Waals surface area contributed by atoms with Crippen molar-refractivity contribution in [3.63, 3.8) is 0 Å². The molecule has 1 aliphatic heterocycles. The molecule has 1 fully saturated rings. The molecule has 2 aromatic rings. The van der Waals surface area contributed by atoms with Crippen LogP contribution >= 0.6 is 0 Å². The zero-order valence-electron chi connectivity index (χ0n) is 11.4. The van der Waals surface area contributed by atoms with Gasteiger partial charge in [0.15, 0.2) is 11.7 Å². The van der Waals surface area contributed by atoms with E-state index in [9.17, 15) is 4.79 Å². The van der Waals surface area contributed by atoms with Crippen molar-refractivity contribution in [3.8, 4) is 0 Å². The Hall–Kier alpha value is -2.08. The minimum absolute atomic E-state index is 0.0946. The monoisotopic (exact) mass is 276 g/mol. The molecule has 0 aliphatic carbocycles. The number of esters is 1. The SMILES string of the molecule is COC(=O)[C@@H]1CN(c2nc3ccccc3o2)C[C@@H](C)O1. The van der Waals surface area contributed by atoms with Crippen LogP contribution in [0.2, 0.25) is 0 Å². The van der Waals surface area contributed by atoms with Crippen LogP contribution in [-0.4, -0.2) is 43.4 Å². The van der Waals surface area contributed by atoms with E-state index in [4.69, 9.17) is 13.9 Å². The molecular formula is C14H16N2O4. The molecule has 2 heterocycles. The number of ether oxygens (including phenoxy) is 2. The first-order valence-corrected chi connectivity index (χ1v) is 6.51. The fourth-order valence-electron chi connectivity index (χ4n) is 2.36. The Morgan fingerprint density at radius 2 is 2.20 bits per heavy atom. The fourth-order valence-corrected chi connectivity index (χ4v) is 2.36. The third-order valence-corrected chi connectivity index (χ3v) is 3.28. The van der Waals surface area contributed by atoms with Gasteiger partial charge in [-0.1, -0.05) is 12.1 Å². The van der Waals surface area contributed by atoms with Crippen molar-refractivity contribution in [2.24, 2.45) is 0 Å². The van der Waals surface area contributed by atoms with Gasteiger partial charge in [-0.3, -0.25) is 0 Å². The number of methoxy groups -OCH3 is 1. The Bertz CT molecular complexity index is 591. The summed E-state index contributed by atoms with van der Waals surface area (Å²) in [6, 6.07) is 8.08. The van der Waals surface area contributed by atoms with E-state index in [1.807, 2.05) is 36.1 Å². The second-order valence-electron chi connectivity index (χ2n) is 4.83. The number of fused-ring (bicyclic) bond motifs is 1. The summed E-state index contributed by atoms with van der Waals surface area (Å²) in [5.41, 5.74) is 1.53. The second kappa shape index (κ2) is 5.13. The largest absolute Gasteiger partial charge is 0.467 e. The molecular weight excluding hydrogens is 260 g/mol. The molecule has 1 aliphatic rings. The molecule has 0 unspecified atom stereocenters. The summed E-state index contributed by atoms with van der Waals surface area (Å²) in [6.45, 7) is 2.91. The number of carbonyl (C=O) groups is 1. The smallest absolute Gasteiger partial charge is 0.336 e. The molecule has 2 atom stereocenters. The highest BCUT2D eigenvalue weighted by Crippen LogP contribution is 2.24. The van der Waals surface area contributed by atoms with Gasteiger partial charge < -0.3 is 18.8 Å². The van der Waals surface area contributed by atoms with E-state index in [1.165, 1.54) is 7.11 Å². The molecule has 0 amide bonds. The Labute approximate surface area is 116 Å². The third-order valence-electron chi connectivity index (χ3n) is 3.28. The molecule has 0 radical (unpaired) electrons. The lowest BCUT2D eigenvalue weighted by Crippen LogP contribution is -2.50. The lowest BCUT2D eigenvalue weighted by Gasteiger charge is -2.34. The van der Waals surface area contributed by atoms with Gasteiger partial charge in [0.05, 0.1) is 19.8 Å². The van der Waals surface area contributed by atoms with Gasteiger partial charge in [-0.15, -0.1) is 0 Å². The molecule has 1 saturated heterocycles. The van der Waals surface area contributed by atoms with Crippen LogP contribution in [0.15, 0.2) is 28.7 Å². The zero-order chi connectivity index (χ0) is 14.1. The van der Waals surface area contributed by atoms with Gasteiger partial charge in [0, 0.05) is 6.54 Å². The molecule has 0 N–H and O–H groups in total. The van der Waals surface area contributed by atoms with Crippen molar-refractivity contribution in [2.45, 2.75) is 19.1 Å². The van der Waals surface area contributed by atoms with Crippen LogP contribution in [-0.2, 0) is 14.3 Å². The van der Waals surface area contributed by atoms with Crippen molar-refractivity contribution in [2.75, 3.05) is 25.1 Å². The average molecular weight is 276 g/mol. The van der Waals surface area contributed by atoms with Crippen molar-refractivity contribution >= 4 is 23.1 Å². The fraction of sp³-hybridized carbons (Fsp3) is 0.429. The van der Waals surface area contributed by atoms with Gasteiger partial charge in [-0.05, 0) is 19.1 Å². The van der Waals surface area contributed by atoms with Crippen LogP contribution in [0.5, 0.6) is 0 Å². The summed E-state index contributed by atoms with van der Waals surface area (Å²) in [5.74, 6) is -0.377. The summed E-state index contributed by atoms with van der Waals surface area (Å²) in [4.78, 5) is 18.0. The number of hydrogen-bond donors (Lipinski definition) is 0. The summed E-state index contributed by atoms with van der Waals surface area (Å²) in [7, 11) is 1.36. The first-order valence-electron chi connectivity index (χ1n) is 6.51. The predicted molar refractivity (Wildman–Crippen MR) is 72.6 cm³/mol. The first kappa shape index (κ1) is 12.9. The molecule has 6 heteroatoms. The van der Waals surface area contributed by atoms with Gasteiger partial charge in [0.25, 0.3) is 6.01 Å². The number of nitrogens with zero attached hydrogens (tertiary/aromatic N) is 2. The first-order chi connectivity index (χ1) is 9.67. The number of para-hydroxylation sites is 2. The van der Waals surface area contributed by atoms with Gasteiger partial charge in [0.2, 0.25) is 0 Å². The van der Waals surface area contributed by atoms with E-state index in [2.05, 4.69) is 4.98 Å². The molecule has 20 heavy (non-hydrogen) atoms. The molecule has 3 rings (SSSR count). The third kappa shape index (κ3) is 2.34. The maximum atomic E-state index is 11.6. The minimum Gasteiger partial charge on any atom is -0.467 e. The molecule has 106 valence electrons. The van der Waals surface area contributed by atoms with E-state index in [0.29, 0.717) is 19.1 Å². The highest BCUT2D eigenvalue weighted by atomic mass is 16.6. The van der Waals surface area contributed by atoms with Gasteiger partial charge in [-0.25, -0.2) is 4.79 Å². The Balaban J connectivity index is 1.86. The van der Waals surface area contributed by atoms with Crippen LogP contribution in [0, 0.1) is 0 Å². The van der Waals surface area contributed by atoms with Gasteiger partial charge in [-0.2, -0.15) is 4.98 Å². The summed E-state index contributed by atoms with van der Waals surface area (Å²) in [5, 5.41) is 0. The van der Waals surface area contributed by atoms with Crippen molar-refractivity contribution in [1.82, 2.24) is 4.98 Å². The van der Waals surface area contributed by atoms with Crippen molar-refractivity contribution in [1.29, 1.82) is 0 Å². The normalized spacial score (nSPS) is 23.0. The van der Waals surface area contributed by atoms with Crippen LogP contribution in [0.1, 0.15) is 6.92 Å². The van der Waals surface area contributed by atoms with E-state index >= 15 is 0 Å². The highest BCUT2D eigenvalue weighted by Gasteiger charge is 2.33. The van der Waals surface area contributed by atoms with E-state index in [1.54, 1.807) is 0 Å². The maximum Gasteiger partial charge on any atom is 0.336 e. The average Bonchev–Trinajstić information content (AvgIpc) is 2.89. The molecule has 1 aromatic carbocycles. The van der Waals surface area contributed by atoms with Crippen molar-refractivity contribution in [3.05, 3.63) is 24.3 Å². The van der Waals surface area contributed by atoms with Gasteiger partial charge >= 0.3 is 5.97 Å². The van der Waals surface area contributed by atoms with Crippen LogP contribution in [0.4, 0.5) is 6.01 Å². The number of benzene rings is 1. The van der Waals surface area contributed by atoms with Crippen LogP contribution in [0.3, 0.4) is 0 Å². The Morgan fingerprint density at radius 3 is 2.95 bits per heavy atom. The number of oxazole rings is 1. The van der Waals surface area contributed by atoms with Crippen LogP contribution in [0.25, 0.3) is 11.1 Å². The van der Waals surface area contributed by atoms with Crippen LogP contribution < -0.4 is 4.90 Å². The molecule has 1 aromatic heterocycles. The summed E-state index contributed by atoms with van der Waals surface area (Å²) < 4.78 is 16.0. The number of anilines is 1. The zero-order valence-corrected chi connectivity index (χ0v) is 11.4. The Kier molecular flexibility index (Phi) is 3.31. The van der Waals surface area contributed by atoms with E-state index < -0.39 is 6.10 Å². The lowest BCUT2D eigenvalue weighted by molar-refractivity contribution is -0.158. The quantitative estimate of drug-likeness (QED) is 0.776. The standard InChI is InChI=1S/C14H16N2O4/c1-9-7-16(8-12(19-9)13(17)18-2)14-15-10-5-3-4-6-11(10)20-14/h3-6,9,12H,7-8H2,1-2H3/t9-,12+/m1/s1. The second-order valence-corrected chi connectivity index (χ2v) is 4.83.